The highest BCUT2D eigenvalue weighted by atomic mass is 19.1. The van der Waals surface area contributed by atoms with E-state index in [2.05, 4.69) is 10.2 Å². The van der Waals surface area contributed by atoms with Crippen LogP contribution < -0.4 is 10.2 Å². The molecule has 0 radical (unpaired) electrons. The topological polar surface area (TPSA) is 35.5 Å². The molecule has 0 unspecified atom stereocenters. The first-order valence-corrected chi connectivity index (χ1v) is 8.18. The van der Waals surface area contributed by atoms with Crippen molar-refractivity contribution < 1.29 is 9.50 Å². The molecule has 0 amide bonds. The van der Waals surface area contributed by atoms with Crippen LogP contribution in [-0.4, -0.2) is 30.3 Å². The maximum absolute atomic E-state index is 14.5. The van der Waals surface area contributed by atoms with Gasteiger partial charge in [0.05, 0.1) is 12.3 Å². The fourth-order valence-corrected chi connectivity index (χ4v) is 3.37. The van der Waals surface area contributed by atoms with E-state index in [9.17, 15) is 9.50 Å². The van der Waals surface area contributed by atoms with E-state index in [4.69, 9.17) is 0 Å². The first-order valence-electron chi connectivity index (χ1n) is 8.18. The van der Waals surface area contributed by atoms with Crippen LogP contribution in [0.2, 0.25) is 0 Å². The number of halogens is 1. The molecule has 2 N–H and O–H groups in total. The predicted molar refractivity (Wildman–Crippen MR) is 82.9 cm³/mol. The first-order chi connectivity index (χ1) is 10.3. The molecule has 1 aromatic carbocycles. The average molecular weight is 292 g/mol. The van der Waals surface area contributed by atoms with Crippen molar-refractivity contribution in [1.29, 1.82) is 0 Å². The number of rotatable bonds is 7. The second-order valence-corrected chi connectivity index (χ2v) is 6.26. The summed E-state index contributed by atoms with van der Waals surface area (Å²) in [7, 11) is 0. The maximum atomic E-state index is 14.5. The molecular weight excluding hydrogens is 267 g/mol. The van der Waals surface area contributed by atoms with Crippen molar-refractivity contribution >= 4 is 5.69 Å². The number of nitrogens with one attached hydrogen (secondary N) is 1. The molecule has 2 saturated carbocycles. The Labute approximate surface area is 126 Å². The van der Waals surface area contributed by atoms with Crippen LogP contribution in [-0.2, 0) is 6.54 Å². The SMILES string of the molecule is OCCN(c1c(F)cccc1CNC1CC1)C1CCCC1. The monoisotopic (exact) mass is 292 g/mol. The van der Waals surface area contributed by atoms with Crippen molar-refractivity contribution in [1.82, 2.24) is 5.32 Å². The molecule has 2 fully saturated rings. The average Bonchev–Trinajstić information content (AvgIpc) is 3.16. The molecule has 2 aliphatic carbocycles. The fourth-order valence-electron chi connectivity index (χ4n) is 3.37. The van der Waals surface area contributed by atoms with E-state index in [1.807, 2.05) is 6.07 Å². The van der Waals surface area contributed by atoms with Gasteiger partial charge in [0.1, 0.15) is 5.82 Å². The molecule has 2 aliphatic rings. The zero-order valence-electron chi connectivity index (χ0n) is 12.5. The summed E-state index contributed by atoms with van der Waals surface area (Å²) in [4.78, 5) is 2.10. The van der Waals surface area contributed by atoms with Crippen molar-refractivity contribution in [2.75, 3.05) is 18.1 Å². The minimum Gasteiger partial charge on any atom is -0.395 e. The Morgan fingerprint density at radius 1 is 1.19 bits per heavy atom. The molecule has 1 aromatic rings. The van der Waals surface area contributed by atoms with Crippen LogP contribution in [0.4, 0.5) is 10.1 Å². The van der Waals surface area contributed by atoms with E-state index in [-0.39, 0.29) is 12.4 Å². The minimum absolute atomic E-state index is 0.0698. The van der Waals surface area contributed by atoms with Crippen molar-refractivity contribution in [3.63, 3.8) is 0 Å². The van der Waals surface area contributed by atoms with Gasteiger partial charge in [-0.3, -0.25) is 0 Å². The van der Waals surface area contributed by atoms with Gasteiger partial charge in [0, 0.05) is 25.2 Å². The van der Waals surface area contributed by atoms with Crippen LogP contribution >= 0.6 is 0 Å². The van der Waals surface area contributed by atoms with E-state index in [1.165, 1.54) is 31.7 Å². The van der Waals surface area contributed by atoms with Crippen LogP contribution in [0.3, 0.4) is 0 Å². The number of anilines is 1. The second-order valence-electron chi connectivity index (χ2n) is 6.26. The molecule has 4 heteroatoms. The number of aliphatic hydroxyl groups is 1. The summed E-state index contributed by atoms with van der Waals surface area (Å²) < 4.78 is 14.5. The smallest absolute Gasteiger partial charge is 0.146 e. The summed E-state index contributed by atoms with van der Waals surface area (Å²) >= 11 is 0. The third-order valence-corrected chi connectivity index (χ3v) is 4.62. The van der Waals surface area contributed by atoms with Gasteiger partial charge in [-0.25, -0.2) is 4.39 Å². The lowest BCUT2D eigenvalue weighted by Crippen LogP contribution is -2.37. The lowest BCUT2D eigenvalue weighted by Gasteiger charge is -2.32. The van der Waals surface area contributed by atoms with Gasteiger partial charge in [-0.1, -0.05) is 25.0 Å². The number of nitrogens with zero attached hydrogens (tertiary/aromatic N) is 1. The van der Waals surface area contributed by atoms with Crippen molar-refractivity contribution in [3.8, 4) is 0 Å². The number of aliphatic hydroxyl groups excluding tert-OH is 1. The van der Waals surface area contributed by atoms with E-state index >= 15 is 0 Å². The Morgan fingerprint density at radius 3 is 2.62 bits per heavy atom. The molecule has 0 heterocycles. The molecule has 0 atom stereocenters. The van der Waals surface area contributed by atoms with Gasteiger partial charge in [0.15, 0.2) is 0 Å². The Hall–Kier alpha value is -1.13. The molecule has 0 spiro atoms. The number of para-hydroxylation sites is 1. The summed E-state index contributed by atoms with van der Waals surface area (Å²) in [5.41, 5.74) is 1.72. The summed E-state index contributed by atoms with van der Waals surface area (Å²) in [6, 6.07) is 6.31. The standard InChI is InChI=1S/C17H25FN2O/c18-16-7-3-4-13(12-19-14-8-9-14)17(16)20(10-11-21)15-5-1-2-6-15/h3-4,7,14-15,19,21H,1-2,5-6,8-12H2. The largest absolute Gasteiger partial charge is 0.395 e. The molecule has 116 valence electrons. The van der Waals surface area contributed by atoms with Gasteiger partial charge in [0.2, 0.25) is 0 Å². The molecule has 21 heavy (non-hydrogen) atoms. The highest BCUT2D eigenvalue weighted by molar-refractivity contribution is 5.56. The zero-order chi connectivity index (χ0) is 14.7. The van der Waals surface area contributed by atoms with E-state index < -0.39 is 0 Å². The Bertz CT molecular complexity index is 470. The van der Waals surface area contributed by atoms with Gasteiger partial charge in [-0.2, -0.15) is 0 Å². The molecule has 0 aliphatic heterocycles. The number of hydrogen-bond donors (Lipinski definition) is 2. The molecule has 0 saturated heterocycles. The zero-order valence-corrected chi connectivity index (χ0v) is 12.5. The summed E-state index contributed by atoms with van der Waals surface area (Å²) in [6.45, 7) is 1.30. The van der Waals surface area contributed by atoms with Crippen LogP contribution in [0, 0.1) is 5.82 Å². The highest BCUT2D eigenvalue weighted by Gasteiger charge is 2.27. The van der Waals surface area contributed by atoms with Crippen LogP contribution in [0.1, 0.15) is 44.1 Å². The third kappa shape index (κ3) is 3.55. The van der Waals surface area contributed by atoms with Gasteiger partial charge < -0.3 is 15.3 Å². The fraction of sp³-hybridized carbons (Fsp3) is 0.647. The molecule has 3 rings (SSSR count). The minimum atomic E-state index is -0.162. The van der Waals surface area contributed by atoms with Crippen molar-refractivity contribution in [2.45, 2.75) is 57.2 Å². The highest BCUT2D eigenvalue weighted by Crippen LogP contribution is 2.32. The van der Waals surface area contributed by atoms with E-state index in [0.717, 1.165) is 18.4 Å². The maximum Gasteiger partial charge on any atom is 0.146 e. The second kappa shape index (κ2) is 6.75. The molecule has 3 nitrogen and oxygen atoms in total. The number of benzene rings is 1. The molecule has 0 aromatic heterocycles. The molecular formula is C17H25FN2O. The predicted octanol–water partition coefficient (Wildman–Crippen LogP) is 2.82. The van der Waals surface area contributed by atoms with Crippen LogP contribution in [0.15, 0.2) is 18.2 Å². The Kier molecular flexibility index (Phi) is 4.76. The Balaban J connectivity index is 1.84. The summed E-state index contributed by atoms with van der Waals surface area (Å²) in [5.74, 6) is -0.162. The molecule has 0 bridgehead atoms. The third-order valence-electron chi connectivity index (χ3n) is 4.62. The van der Waals surface area contributed by atoms with E-state index in [1.54, 1.807) is 6.07 Å². The lowest BCUT2D eigenvalue weighted by molar-refractivity contribution is 0.296. The normalized spacial score (nSPS) is 19.1. The van der Waals surface area contributed by atoms with E-state index in [0.29, 0.717) is 30.9 Å². The summed E-state index contributed by atoms with van der Waals surface area (Å²) in [6.07, 6.45) is 7.07. The quantitative estimate of drug-likeness (QED) is 0.811. The van der Waals surface area contributed by atoms with Gasteiger partial charge >= 0.3 is 0 Å². The van der Waals surface area contributed by atoms with Crippen molar-refractivity contribution in [2.24, 2.45) is 0 Å². The van der Waals surface area contributed by atoms with Crippen molar-refractivity contribution in [3.05, 3.63) is 29.6 Å². The first kappa shape index (κ1) is 14.8. The summed E-state index contributed by atoms with van der Waals surface area (Å²) in [5, 5.41) is 12.9. The van der Waals surface area contributed by atoms with Crippen LogP contribution in [0.25, 0.3) is 0 Å². The van der Waals surface area contributed by atoms with Gasteiger partial charge in [0.25, 0.3) is 0 Å². The lowest BCUT2D eigenvalue weighted by atomic mass is 10.1. The Morgan fingerprint density at radius 2 is 1.95 bits per heavy atom. The van der Waals surface area contributed by atoms with Crippen LogP contribution in [0.5, 0.6) is 0 Å². The number of hydrogen-bond acceptors (Lipinski definition) is 3. The van der Waals surface area contributed by atoms with Gasteiger partial charge in [-0.15, -0.1) is 0 Å². The van der Waals surface area contributed by atoms with Gasteiger partial charge in [-0.05, 0) is 37.3 Å².